The maximum atomic E-state index is 13.1. The molecule has 0 spiro atoms. The van der Waals surface area contributed by atoms with E-state index in [9.17, 15) is 9.90 Å². The summed E-state index contributed by atoms with van der Waals surface area (Å²) in [6.07, 6.45) is 3.32. The quantitative estimate of drug-likeness (QED) is 0.589. The number of likely N-dealkylation sites (tertiary alicyclic amines) is 1. The molecular formula is C25H31N3O4. The number of aryl methyl sites for hydroxylation is 1. The highest BCUT2D eigenvalue weighted by Gasteiger charge is 2.35. The minimum absolute atomic E-state index is 0.0119. The second kappa shape index (κ2) is 10.5. The molecule has 2 aromatic carbocycles. The number of carbonyl (C=O) groups excluding carboxylic acids is 1. The fraction of sp³-hybridized carbons (Fsp3) is 0.400. The van der Waals surface area contributed by atoms with Gasteiger partial charge in [0.05, 0.1) is 6.61 Å². The lowest BCUT2D eigenvalue weighted by Gasteiger charge is -2.37. The molecule has 2 aliphatic rings. The molecule has 0 aliphatic carbocycles. The van der Waals surface area contributed by atoms with Gasteiger partial charge in [0.2, 0.25) is 12.7 Å². The zero-order valence-corrected chi connectivity index (χ0v) is 18.4. The monoisotopic (exact) mass is 437 g/mol. The third-order valence-corrected chi connectivity index (χ3v) is 6.01. The molecule has 0 saturated carbocycles. The number of benzene rings is 2. The lowest BCUT2D eigenvalue weighted by molar-refractivity contribution is -0.127. The molecule has 7 nitrogen and oxygen atoms in total. The molecule has 0 aromatic heterocycles. The molecule has 170 valence electrons. The van der Waals surface area contributed by atoms with Crippen LogP contribution in [0.5, 0.6) is 0 Å². The number of amides is 1. The van der Waals surface area contributed by atoms with Crippen LogP contribution >= 0.6 is 0 Å². The number of ether oxygens (including phenoxy) is 2. The number of hydrogen-bond donors (Lipinski definition) is 3. The molecule has 1 fully saturated rings. The second-order valence-corrected chi connectivity index (χ2v) is 8.33. The van der Waals surface area contributed by atoms with Crippen LogP contribution in [0.1, 0.15) is 29.5 Å². The van der Waals surface area contributed by atoms with Gasteiger partial charge in [-0.25, -0.2) is 0 Å². The van der Waals surface area contributed by atoms with E-state index in [2.05, 4.69) is 15.5 Å². The van der Waals surface area contributed by atoms with Crippen molar-refractivity contribution in [2.45, 2.75) is 45.0 Å². The molecule has 32 heavy (non-hydrogen) atoms. The van der Waals surface area contributed by atoms with Gasteiger partial charge in [0.1, 0.15) is 6.26 Å². The highest BCUT2D eigenvalue weighted by atomic mass is 16.7. The van der Waals surface area contributed by atoms with Gasteiger partial charge in [-0.1, -0.05) is 48.0 Å². The lowest BCUT2D eigenvalue weighted by Crippen LogP contribution is -2.52. The molecule has 0 bridgehead atoms. The molecule has 1 saturated heterocycles. The van der Waals surface area contributed by atoms with Crippen LogP contribution in [0, 0.1) is 6.92 Å². The van der Waals surface area contributed by atoms with E-state index in [4.69, 9.17) is 9.47 Å². The number of carbonyl (C=O) groups is 1. The predicted molar refractivity (Wildman–Crippen MR) is 123 cm³/mol. The Bertz CT molecular complexity index is 939. The maximum Gasteiger partial charge on any atom is 0.245 e. The molecule has 2 heterocycles. The number of aliphatic hydroxyl groups is 1. The number of piperidine rings is 1. The van der Waals surface area contributed by atoms with Crippen LogP contribution in [0.25, 0.3) is 0 Å². The zero-order chi connectivity index (χ0) is 22.3. The Morgan fingerprint density at radius 1 is 1.19 bits per heavy atom. The standard InChI is InChI=1S/C25H31N3O4/c1-18-7-8-22(20(13-18)15-29)27-21-9-11-28(12-10-21)24(23-16-31-17-32-23)25(30)26-14-19-5-3-2-4-6-19/h2-8,13,16,21,24,27,29H,9-12,14-15,17H2,1H3,(H,26,30). The van der Waals surface area contributed by atoms with E-state index in [1.807, 2.05) is 55.5 Å². The Kier molecular flexibility index (Phi) is 7.29. The first-order chi connectivity index (χ1) is 15.6. The van der Waals surface area contributed by atoms with Gasteiger partial charge >= 0.3 is 0 Å². The smallest absolute Gasteiger partial charge is 0.245 e. The Balaban J connectivity index is 1.38. The Morgan fingerprint density at radius 3 is 2.66 bits per heavy atom. The maximum absolute atomic E-state index is 13.1. The number of nitrogens with zero attached hydrogens (tertiary/aromatic N) is 1. The van der Waals surface area contributed by atoms with E-state index in [-0.39, 0.29) is 25.3 Å². The van der Waals surface area contributed by atoms with Crippen molar-refractivity contribution >= 4 is 11.6 Å². The molecule has 7 heteroatoms. The fourth-order valence-corrected chi connectivity index (χ4v) is 4.27. The Morgan fingerprint density at radius 2 is 1.97 bits per heavy atom. The molecule has 0 radical (unpaired) electrons. The first kappa shape index (κ1) is 22.2. The van der Waals surface area contributed by atoms with Crippen molar-refractivity contribution in [3.63, 3.8) is 0 Å². The van der Waals surface area contributed by atoms with E-state index in [1.165, 1.54) is 0 Å². The average molecular weight is 438 g/mol. The van der Waals surface area contributed by atoms with Crippen molar-refractivity contribution in [1.82, 2.24) is 10.2 Å². The van der Waals surface area contributed by atoms with Gasteiger partial charge in [0.15, 0.2) is 11.8 Å². The first-order valence-electron chi connectivity index (χ1n) is 11.1. The Hall–Kier alpha value is -3.03. The van der Waals surface area contributed by atoms with Crippen LogP contribution in [-0.2, 0) is 27.4 Å². The number of nitrogens with one attached hydrogen (secondary N) is 2. The molecular weight excluding hydrogens is 406 g/mol. The number of rotatable bonds is 8. The normalized spacial score (nSPS) is 17.8. The summed E-state index contributed by atoms with van der Waals surface area (Å²) in [5, 5.41) is 16.3. The van der Waals surface area contributed by atoms with Gasteiger partial charge in [-0.15, -0.1) is 0 Å². The highest BCUT2D eigenvalue weighted by Crippen LogP contribution is 2.25. The van der Waals surface area contributed by atoms with E-state index < -0.39 is 6.04 Å². The van der Waals surface area contributed by atoms with Crippen LogP contribution in [0.3, 0.4) is 0 Å². The lowest BCUT2D eigenvalue weighted by atomic mass is 10.0. The molecule has 3 N–H and O–H groups in total. The third kappa shape index (κ3) is 5.41. The van der Waals surface area contributed by atoms with Crippen molar-refractivity contribution in [3.8, 4) is 0 Å². The summed E-state index contributed by atoms with van der Waals surface area (Å²) in [4.78, 5) is 15.3. The fourth-order valence-electron chi connectivity index (χ4n) is 4.27. The summed E-state index contributed by atoms with van der Waals surface area (Å²) in [6.45, 7) is 4.16. The highest BCUT2D eigenvalue weighted by molar-refractivity contribution is 5.84. The van der Waals surface area contributed by atoms with Crippen molar-refractivity contribution in [1.29, 1.82) is 0 Å². The van der Waals surface area contributed by atoms with Gasteiger partial charge in [0.25, 0.3) is 0 Å². The number of anilines is 1. The summed E-state index contributed by atoms with van der Waals surface area (Å²) in [7, 11) is 0. The molecule has 1 amide bonds. The van der Waals surface area contributed by atoms with Crippen molar-refractivity contribution in [2.24, 2.45) is 0 Å². The third-order valence-electron chi connectivity index (χ3n) is 6.01. The van der Waals surface area contributed by atoms with E-state index in [1.54, 1.807) is 6.26 Å². The van der Waals surface area contributed by atoms with Crippen molar-refractivity contribution in [2.75, 3.05) is 25.2 Å². The summed E-state index contributed by atoms with van der Waals surface area (Å²) < 4.78 is 10.8. The summed E-state index contributed by atoms with van der Waals surface area (Å²) in [5.41, 5.74) is 4.07. The van der Waals surface area contributed by atoms with Gasteiger partial charge < -0.3 is 25.2 Å². The topological polar surface area (TPSA) is 83.1 Å². The average Bonchev–Trinajstić information content (AvgIpc) is 3.35. The first-order valence-corrected chi connectivity index (χ1v) is 11.1. The van der Waals surface area contributed by atoms with Crippen LogP contribution in [0.2, 0.25) is 0 Å². The number of aliphatic hydroxyl groups excluding tert-OH is 1. The minimum atomic E-state index is -0.505. The van der Waals surface area contributed by atoms with Crippen LogP contribution in [0.4, 0.5) is 5.69 Å². The Labute approximate surface area is 189 Å². The van der Waals surface area contributed by atoms with Gasteiger partial charge in [-0.3, -0.25) is 9.69 Å². The molecule has 1 unspecified atom stereocenters. The van der Waals surface area contributed by atoms with Gasteiger partial charge in [-0.2, -0.15) is 0 Å². The van der Waals surface area contributed by atoms with Crippen LogP contribution in [-0.4, -0.2) is 47.9 Å². The zero-order valence-electron chi connectivity index (χ0n) is 18.4. The largest absolute Gasteiger partial charge is 0.462 e. The molecule has 2 aromatic rings. The van der Waals surface area contributed by atoms with E-state index >= 15 is 0 Å². The van der Waals surface area contributed by atoms with Crippen molar-refractivity contribution in [3.05, 3.63) is 77.2 Å². The number of hydrogen-bond acceptors (Lipinski definition) is 6. The summed E-state index contributed by atoms with van der Waals surface area (Å²) in [6, 6.07) is 15.7. The van der Waals surface area contributed by atoms with E-state index in [0.717, 1.165) is 48.3 Å². The molecule has 4 rings (SSSR count). The van der Waals surface area contributed by atoms with Gasteiger partial charge in [0, 0.05) is 36.9 Å². The molecule has 1 atom stereocenters. The minimum Gasteiger partial charge on any atom is -0.462 e. The second-order valence-electron chi connectivity index (χ2n) is 8.33. The van der Waals surface area contributed by atoms with Crippen LogP contribution < -0.4 is 10.6 Å². The molecule has 2 aliphatic heterocycles. The van der Waals surface area contributed by atoms with Crippen molar-refractivity contribution < 1.29 is 19.4 Å². The van der Waals surface area contributed by atoms with Crippen LogP contribution in [0.15, 0.2) is 60.6 Å². The predicted octanol–water partition coefficient (Wildman–Crippen LogP) is 2.89. The SMILES string of the molecule is Cc1ccc(NC2CCN(C(C(=O)NCc3ccccc3)C3=COCO3)CC2)c(CO)c1. The summed E-state index contributed by atoms with van der Waals surface area (Å²) in [5.74, 6) is 0.473. The van der Waals surface area contributed by atoms with Gasteiger partial charge in [-0.05, 0) is 31.4 Å². The van der Waals surface area contributed by atoms with E-state index in [0.29, 0.717) is 12.3 Å². The summed E-state index contributed by atoms with van der Waals surface area (Å²) >= 11 is 0.